The summed E-state index contributed by atoms with van der Waals surface area (Å²) >= 11 is 0. The molecule has 4 rings (SSSR count). The van der Waals surface area contributed by atoms with Gasteiger partial charge >= 0.3 is 6.03 Å². The van der Waals surface area contributed by atoms with Gasteiger partial charge in [0.25, 0.3) is 0 Å². The summed E-state index contributed by atoms with van der Waals surface area (Å²) in [7, 11) is 1.62. The van der Waals surface area contributed by atoms with Crippen molar-refractivity contribution < 1.29 is 13.9 Å². The Balaban J connectivity index is 1.36. The standard InChI is InChI=1S/C28H35N3O3/c1-22-12-13-27(33-2)26(20-22)29-28(32)31(21-25-11-7-19-34-25)24-14-17-30(18-15-24)16-6-10-23-8-4-3-5-9-23/h3-5,7-9,11-13,19-20,24H,6,10,14-18,21H2,1-2H3,(H,29,32). The normalized spacial score (nSPS) is 14.6. The summed E-state index contributed by atoms with van der Waals surface area (Å²) in [6, 6.07) is 20.3. The molecule has 0 radical (unpaired) electrons. The molecule has 3 aromatic rings. The molecule has 0 atom stereocenters. The van der Waals surface area contributed by atoms with E-state index in [-0.39, 0.29) is 12.1 Å². The van der Waals surface area contributed by atoms with Crippen LogP contribution in [0.3, 0.4) is 0 Å². The lowest BCUT2D eigenvalue weighted by molar-refractivity contribution is 0.118. The Labute approximate surface area is 202 Å². The molecule has 1 fully saturated rings. The van der Waals surface area contributed by atoms with Crippen LogP contribution in [0.1, 0.15) is 36.1 Å². The van der Waals surface area contributed by atoms with Gasteiger partial charge in [-0.15, -0.1) is 0 Å². The lowest BCUT2D eigenvalue weighted by Crippen LogP contribution is -2.48. The van der Waals surface area contributed by atoms with E-state index >= 15 is 0 Å². The Morgan fingerprint density at radius 2 is 1.91 bits per heavy atom. The molecule has 1 saturated heterocycles. The first-order chi connectivity index (χ1) is 16.6. The topological polar surface area (TPSA) is 58.0 Å². The van der Waals surface area contributed by atoms with E-state index in [9.17, 15) is 4.79 Å². The number of ether oxygens (including phenoxy) is 1. The molecular formula is C28H35N3O3. The van der Waals surface area contributed by atoms with E-state index in [1.54, 1.807) is 13.4 Å². The molecule has 2 aromatic carbocycles. The van der Waals surface area contributed by atoms with Crippen molar-refractivity contribution in [2.45, 2.75) is 45.2 Å². The Hall–Kier alpha value is -3.25. The highest BCUT2D eigenvalue weighted by Crippen LogP contribution is 2.27. The number of carbonyl (C=O) groups excluding carboxylic acids is 1. The zero-order valence-electron chi connectivity index (χ0n) is 20.2. The van der Waals surface area contributed by atoms with Gasteiger partial charge in [-0.1, -0.05) is 36.4 Å². The van der Waals surface area contributed by atoms with Crippen molar-refractivity contribution in [3.05, 3.63) is 83.8 Å². The second-order valence-corrected chi connectivity index (χ2v) is 9.00. The van der Waals surface area contributed by atoms with Crippen LogP contribution in [-0.2, 0) is 13.0 Å². The van der Waals surface area contributed by atoms with Gasteiger partial charge in [0, 0.05) is 19.1 Å². The first kappa shape index (κ1) is 23.9. The van der Waals surface area contributed by atoms with Crippen LogP contribution in [0.5, 0.6) is 5.75 Å². The number of nitrogens with zero attached hydrogens (tertiary/aromatic N) is 2. The Kier molecular flexibility index (Phi) is 8.26. The predicted octanol–water partition coefficient (Wildman–Crippen LogP) is 5.73. The summed E-state index contributed by atoms with van der Waals surface area (Å²) < 4.78 is 11.0. The SMILES string of the molecule is COc1ccc(C)cc1NC(=O)N(Cc1ccco1)C1CCN(CCCc2ccccc2)CC1. The summed E-state index contributed by atoms with van der Waals surface area (Å²) in [5, 5.41) is 3.08. The summed E-state index contributed by atoms with van der Waals surface area (Å²) in [5.41, 5.74) is 3.15. The number of urea groups is 1. The third-order valence-electron chi connectivity index (χ3n) is 6.54. The van der Waals surface area contributed by atoms with Crippen LogP contribution in [0.2, 0.25) is 0 Å². The average molecular weight is 462 g/mol. The number of hydrogen-bond acceptors (Lipinski definition) is 4. The number of anilines is 1. The molecule has 1 aromatic heterocycles. The van der Waals surface area contributed by atoms with Gasteiger partial charge in [0.1, 0.15) is 11.5 Å². The number of rotatable bonds is 9. The van der Waals surface area contributed by atoms with Crippen molar-refractivity contribution in [2.24, 2.45) is 0 Å². The van der Waals surface area contributed by atoms with Crippen molar-refractivity contribution in [3.63, 3.8) is 0 Å². The van der Waals surface area contributed by atoms with Gasteiger partial charge in [-0.25, -0.2) is 4.79 Å². The number of methoxy groups -OCH3 is 1. The minimum atomic E-state index is -0.122. The number of piperidine rings is 1. The Bertz CT molecular complexity index is 1030. The molecule has 1 aliphatic heterocycles. The molecule has 0 aliphatic carbocycles. The number of benzene rings is 2. The highest BCUT2D eigenvalue weighted by molar-refractivity contribution is 5.91. The first-order valence-corrected chi connectivity index (χ1v) is 12.1. The van der Waals surface area contributed by atoms with E-state index in [0.29, 0.717) is 18.0 Å². The fourth-order valence-corrected chi connectivity index (χ4v) is 4.65. The maximum absolute atomic E-state index is 13.4. The van der Waals surface area contributed by atoms with E-state index in [0.717, 1.165) is 56.6 Å². The molecule has 34 heavy (non-hydrogen) atoms. The van der Waals surface area contributed by atoms with Crippen molar-refractivity contribution in [3.8, 4) is 5.75 Å². The van der Waals surface area contributed by atoms with E-state index in [1.807, 2.05) is 42.2 Å². The fourth-order valence-electron chi connectivity index (χ4n) is 4.65. The monoisotopic (exact) mass is 461 g/mol. The van der Waals surface area contributed by atoms with E-state index < -0.39 is 0 Å². The molecular weight excluding hydrogens is 426 g/mol. The summed E-state index contributed by atoms with van der Waals surface area (Å²) in [6.07, 6.45) is 5.81. The van der Waals surface area contributed by atoms with E-state index in [4.69, 9.17) is 9.15 Å². The number of likely N-dealkylation sites (tertiary alicyclic amines) is 1. The second kappa shape index (κ2) is 11.7. The Morgan fingerprint density at radius 3 is 2.62 bits per heavy atom. The summed E-state index contributed by atoms with van der Waals surface area (Å²) in [4.78, 5) is 17.9. The van der Waals surface area contributed by atoms with Crippen molar-refractivity contribution >= 4 is 11.7 Å². The maximum Gasteiger partial charge on any atom is 0.322 e. The molecule has 1 N–H and O–H groups in total. The number of hydrogen-bond donors (Lipinski definition) is 1. The zero-order chi connectivity index (χ0) is 23.8. The van der Waals surface area contributed by atoms with Crippen LogP contribution in [0.15, 0.2) is 71.3 Å². The number of nitrogens with one attached hydrogen (secondary N) is 1. The van der Waals surface area contributed by atoms with Crippen molar-refractivity contribution in [1.29, 1.82) is 0 Å². The largest absolute Gasteiger partial charge is 0.495 e. The van der Waals surface area contributed by atoms with Crippen LogP contribution in [0, 0.1) is 6.92 Å². The molecule has 0 unspecified atom stereocenters. The van der Waals surface area contributed by atoms with Crippen molar-refractivity contribution in [2.75, 3.05) is 32.1 Å². The minimum Gasteiger partial charge on any atom is -0.495 e. The molecule has 6 nitrogen and oxygen atoms in total. The minimum absolute atomic E-state index is 0.122. The number of aryl methyl sites for hydroxylation is 2. The van der Waals surface area contributed by atoms with E-state index in [2.05, 4.69) is 40.5 Å². The quantitative estimate of drug-likeness (QED) is 0.442. The third-order valence-corrected chi connectivity index (χ3v) is 6.54. The van der Waals surface area contributed by atoms with Gasteiger partial charge in [0.2, 0.25) is 0 Å². The molecule has 1 aliphatic rings. The lowest BCUT2D eigenvalue weighted by atomic mass is 10.0. The van der Waals surface area contributed by atoms with Crippen LogP contribution < -0.4 is 10.1 Å². The smallest absolute Gasteiger partial charge is 0.322 e. The number of amides is 2. The highest BCUT2D eigenvalue weighted by Gasteiger charge is 2.29. The van der Waals surface area contributed by atoms with E-state index in [1.165, 1.54) is 5.56 Å². The second-order valence-electron chi connectivity index (χ2n) is 9.00. The molecule has 0 bridgehead atoms. The van der Waals surface area contributed by atoms with Gasteiger partial charge in [0.05, 0.1) is 25.6 Å². The van der Waals surface area contributed by atoms with Crippen LogP contribution in [0.4, 0.5) is 10.5 Å². The summed E-state index contributed by atoms with van der Waals surface area (Å²) in [5.74, 6) is 1.45. The van der Waals surface area contributed by atoms with Crippen LogP contribution in [-0.4, -0.2) is 48.6 Å². The number of furan rings is 1. The first-order valence-electron chi connectivity index (χ1n) is 12.1. The fraction of sp³-hybridized carbons (Fsp3) is 0.393. The van der Waals surface area contributed by atoms with Gasteiger partial charge in [0.15, 0.2) is 0 Å². The van der Waals surface area contributed by atoms with Gasteiger partial charge in [-0.3, -0.25) is 0 Å². The zero-order valence-corrected chi connectivity index (χ0v) is 20.2. The number of carbonyl (C=O) groups is 1. The van der Waals surface area contributed by atoms with Gasteiger partial charge in [-0.2, -0.15) is 0 Å². The van der Waals surface area contributed by atoms with Crippen LogP contribution in [0.25, 0.3) is 0 Å². The molecule has 6 heteroatoms. The molecule has 180 valence electrons. The molecule has 0 saturated carbocycles. The molecule has 2 heterocycles. The lowest BCUT2D eigenvalue weighted by Gasteiger charge is -2.38. The van der Waals surface area contributed by atoms with Gasteiger partial charge in [-0.05, 0) is 74.5 Å². The predicted molar refractivity (Wildman–Crippen MR) is 135 cm³/mol. The highest BCUT2D eigenvalue weighted by atomic mass is 16.5. The van der Waals surface area contributed by atoms with Crippen molar-refractivity contribution in [1.82, 2.24) is 9.80 Å². The molecule has 2 amide bonds. The Morgan fingerprint density at radius 1 is 1.12 bits per heavy atom. The third kappa shape index (κ3) is 6.41. The molecule has 0 spiro atoms. The maximum atomic E-state index is 13.4. The summed E-state index contributed by atoms with van der Waals surface area (Å²) in [6.45, 7) is 5.53. The average Bonchev–Trinajstić information content (AvgIpc) is 3.37. The van der Waals surface area contributed by atoms with Gasteiger partial charge < -0.3 is 24.3 Å². The van der Waals surface area contributed by atoms with Crippen LogP contribution >= 0.6 is 0 Å².